The maximum Gasteiger partial charge on any atom is 0.335 e. The van der Waals surface area contributed by atoms with Gasteiger partial charge in [-0.1, -0.05) is 86.1 Å². The van der Waals surface area contributed by atoms with Crippen LogP contribution in [0, 0.1) is 0 Å². The lowest BCUT2D eigenvalue weighted by Gasteiger charge is -2.09. The summed E-state index contributed by atoms with van der Waals surface area (Å²) in [6.45, 7) is 2.20. The molecular formula is C30H28O3. The Balaban J connectivity index is 1.45. The minimum atomic E-state index is -1.01. The number of fused-ring (bicyclic) bond motifs is 1. The highest BCUT2D eigenvalue weighted by Gasteiger charge is 2.15. The van der Waals surface area contributed by atoms with Crippen molar-refractivity contribution >= 4 is 22.5 Å². The second-order valence-electron chi connectivity index (χ2n) is 8.55. The Bertz CT molecular complexity index is 1270. The minimum absolute atomic E-state index is 0.000748. The molecule has 0 saturated heterocycles. The van der Waals surface area contributed by atoms with Crippen LogP contribution in [0.4, 0.5) is 0 Å². The minimum Gasteiger partial charge on any atom is -0.478 e. The van der Waals surface area contributed by atoms with Crippen molar-refractivity contribution in [3.8, 4) is 11.1 Å². The molecule has 166 valence electrons. The van der Waals surface area contributed by atoms with Gasteiger partial charge in [-0.05, 0) is 63.6 Å². The summed E-state index contributed by atoms with van der Waals surface area (Å²) in [5.41, 5.74) is 5.33. The summed E-state index contributed by atoms with van der Waals surface area (Å²) in [7, 11) is 0. The van der Waals surface area contributed by atoms with Crippen molar-refractivity contribution in [2.45, 2.75) is 39.0 Å². The van der Waals surface area contributed by atoms with Crippen molar-refractivity contribution in [3.63, 3.8) is 0 Å². The molecule has 0 spiro atoms. The number of ketones is 1. The SMILES string of the molecule is CCCCc1ccc(-c2ccc(CC(=O)Cc3cc4ccccc4cc3C(=O)O)cc2)cc1. The van der Waals surface area contributed by atoms with E-state index in [0.717, 1.165) is 33.9 Å². The molecule has 0 amide bonds. The lowest BCUT2D eigenvalue weighted by molar-refractivity contribution is -0.117. The van der Waals surface area contributed by atoms with Gasteiger partial charge in [0.25, 0.3) is 0 Å². The zero-order chi connectivity index (χ0) is 23.2. The Labute approximate surface area is 194 Å². The highest BCUT2D eigenvalue weighted by Crippen LogP contribution is 2.23. The molecule has 1 N–H and O–H groups in total. The summed E-state index contributed by atoms with van der Waals surface area (Å²) >= 11 is 0. The smallest absolute Gasteiger partial charge is 0.335 e. The maximum atomic E-state index is 12.8. The molecule has 0 aliphatic heterocycles. The second kappa shape index (κ2) is 10.3. The fourth-order valence-electron chi connectivity index (χ4n) is 4.20. The van der Waals surface area contributed by atoms with Gasteiger partial charge in [0.2, 0.25) is 0 Å². The Morgan fingerprint density at radius 3 is 1.88 bits per heavy atom. The zero-order valence-electron chi connectivity index (χ0n) is 18.9. The van der Waals surface area contributed by atoms with Crippen LogP contribution >= 0.6 is 0 Å². The average Bonchev–Trinajstić information content (AvgIpc) is 2.83. The second-order valence-corrected chi connectivity index (χ2v) is 8.55. The first-order valence-electron chi connectivity index (χ1n) is 11.5. The third kappa shape index (κ3) is 5.56. The van der Waals surface area contributed by atoms with Crippen LogP contribution in [-0.4, -0.2) is 16.9 Å². The summed E-state index contributed by atoms with van der Waals surface area (Å²) in [5, 5.41) is 11.4. The van der Waals surface area contributed by atoms with Gasteiger partial charge in [0.05, 0.1) is 5.56 Å². The van der Waals surface area contributed by atoms with Crippen molar-refractivity contribution in [2.24, 2.45) is 0 Å². The summed E-state index contributed by atoms with van der Waals surface area (Å²) in [5.74, 6) is -1.01. The van der Waals surface area contributed by atoms with Crippen molar-refractivity contribution in [3.05, 3.63) is 107 Å². The van der Waals surface area contributed by atoms with Gasteiger partial charge < -0.3 is 5.11 Å². The van der Waals surface area contributed by atoms with Gasteiger partial charge in [-0.25, -0.2) is 4.79 Å². The van der Waals surface area contributed by atoms with Gasteiger partial charge in [0.15, 0.2) is 0 Å². The topological polar surface area (TPSA) is 54.4 Å². The Hall–Kier alpha value is -3.72. The molecule has 0 atom stereocenters. The number of hydrogen-bond donors (Lipinski definition) is 1. The van der Waals surface area contributed by atoms with E-state index in [2.05, 4.69) is 31.2 Å². The number of carbonyl (C=O) groups is 2. The van der Waals surface area contributed by atoms with Crippen molar-refractivity contribution < 1.29 is 14.7 Å². The van der Waals surface area contributed by atoms with E-state index in [1.54, 1.807) is 6.07 Å². The van der Waals surface area contributed by atoms with E-state index in [0.29, 0.717) is 5.56 Å². The first kappa shape index (κ1) is 22.5. The predicted octanol–water partition coefficient (Wildman–Crippen LogP) is 6.90. The summed E-state index contributed by atoms with van der Waals surface area (Å²) in [6, 6.07) is 27.8. The molecule has 0 bridgehead atoms. The van der Waals surface area contributed by atoms with Gasteiger partial charge in [-0.15, -0.1) is 0 Å². The Morgan fingerprint density at radius 1 is 0.727 bits per heavy atom. The summed E-state index contributed by atoms with van der Waals surface area (Å²) in [4.78, 5) is 24.5. The summed E-state index contributed by atoms with van der Waals surface area (Å²) < 4.78 is 0. The molecule has 4 rings (SSSR count). The molecule has 0 aromatic heterocycles. The Kier molecular flexibility index (Phi) is 6.99. The molecule has 0 radical (unpaired) electrons. The van der Waals surface area contributed by atoms with Crippen LogP contribution in [0.2, 0.25) is 0 Å². The number of aryl methyl sites for hydroxylation is 1. The normalized spacial score (nSPS) is 10.9. The molecule has 3 nitrogen and oxygen atoms in total. The quantitative estimate of drug-likeness (QED) is 0.310. The van der Waals surface area contributed by atoms with Gasteiger partial charge >= 0.3 is 5.97 Å². The first-order valence-corrected chi connectivity index (χ1v) is 11.5. The highest BCUT2D eigenvalue weighted by molar-refractivity contribution is 5.98. The van der Waals surface area contributed by atoms with Gasteiger partial charge in [-0.2, -0.15) is 0 Å². The number of carbonyl (C=O) groups excluding carboxylic acids is 1. The van der Waals surface area contributed by atoms with Crippen molar-refractivity contribution in [2.75, 3.05) is 0 Å². The molecular weight excluding hydrogens is 408 g/mol. The largest absolute Gasteiger partial charge is 0.478 e. The van der Waals surface area contributed by atoms with E-state index in [1.807, 2.05) is 54.6 Å². The number of benzene rings is 4. The van der Waals surface area contributed by atoms with Crippen molar-refractivity contribution in [1.82, 2.24) is 0 Å². The van der Waals surface area contributed by atoms with E-state index in [1.165, 1.54) is 18.4 Å². The van der Waals surface area contributed by atoms with Crippen LogP contribution in [0.5, 0.6) is 0 Å². The summed E-state index contributed by atoms with van der Waals surface area (Å²) in [6.07, 6.45) is 3.89. The molecule has 4 aromatic rings. The van der Waals surface area contributed by atoms with Crippen LogP contribution in [-0.2, 0) is 24.1 Å². The van der Waals surface area contributed by atoms with Crippen LogP contribution in [0.25, 0.3) is 21.9 Å². The number of Topliss-reactive ketones (excluding diaryl/α,β-unsaturated/α-hetero) is 1. The number of carboxylic acid groups (broad SMARTS) is 1. The molecule has 0 heterocycles. The molecule has 0 saturated carbocycles. The maximum absolute atomic E-state index is 12.8. The lowest BCUT2D eigenvalue weighted by atomic mass is 9.95. The molecule has 0 fully saturated rings. The third-order valence-electron chi connectivity index (χ3n) is 6.05. The van der Waals surface area contributed by atoms with E-state index in [9.17, 15) is 14.7 Å². The number of unbranched alkanes of at least 4 members (excludes halogenated alkanes) is 1. The monoisotopic (exact) mass is 436 g/mol. The first-order chi connectivity index (χ1) is 16.0. The third-order valence-corrected chi connectivity index (χ3v) is 6.05. The fourth-order valence-corrected chi connectivity index (χ4v) is 4.20. The molecule has 0 aliphatic rings. The van der Waals surface area contributed by atoms with Crippen molar-refractivity contribution in [1.29, 1.82) is 0 Å². The van der Waals surface area contributed by atoms with Gasteiger partial charge in [0.1, 0.15) is 5.78 Å². The molecule has 0 aliphatic carbocycles. The fraction of sp³-hybridized carbons (Fsp3) is 0.200. The Morgan fingerprint density at radius 2 is 1.30 bits per heavy atom. The number of aromatic carboxylic acids is 1. The standard InChI is InChI=1S/C30H28O3/c1-2-3-6-21-9-13-23(14-10-21)24-15-11-22(12-16-24)17-28(31)19-27-18-25-7-4-5-8-26(25)20-29(27)30(32)33/h4-5,7-16,18,20H,2-3,6,17,19H2,1H3,(H,32,33). The van der Waals surface area contributed by atoms with Gasteiger partial charge in [0, 0.05) is 12.8 Å². The number of rotatable bonds is 9. The van der Waals surface area contributed by atoms with E-state index in [-0.39, 0.29) is 24.2 Å². The number of carboxylic acids is 1. The van der Waals surface area contributed by atoms with Gasteiger partial charge in [-0.3, -0.25) is 4.79 Å². The van der Waals surface area contributed by atoms with Crippen LogP contribution in [0.1, 0.15) is 46.8 Å². The average molecular weight is 437 g/mol. The van der Waals surface area contributed by atoms with E-state index in [4.69, 9.17) is 0 Å². The zero-order valence-corrected chi connectivity index (χ0v) is 18.9. The van der Waals surface area contributed by atoms with Crippen LogP contribution in [0.3, 0.4) is 0 Å². The van der Waals surface area contributed by atoms with Crippen LogP contribution in [0.15, 0.2) is 84.9 Å². The molecule has 4 aromatic carbocycles. The lowest BCUT2D eigenvalue weighted by Crippen LogP contribution is -2.11. The number of hydrogen-bond acceptors (Lipinski definition) is 2. The molecule has 3 heteroatoms. The van der Waals surface area contributed by atoms with E-state index < -0.39 is 5.97 Å². The molecule has 0 unspecified atom stereocenters. The predicted molar refractivity (Wildman–Crippen MR) is 134 cm³/mol. The van der Waals surface area contributed by atoms with Crippen LogP contribution < -0.4 is 0 Å². The highest BCUT2D eigenvalue weighted by atomic mass is 16.4. The van der Waals surface area contributed by atoms with E-state index >= 15 is 0 Å². The molecule has 33 heavy (non-hydrogen) atoms.